The molecule has 11 rings (SSSR count). The molecule has 0 atom stereocenters. The minimum Gasteiger partial charge on any atom is -0.310 e. The first kappa shape index (κ1) is 32.0. The predicted octanol–water partition coefficient (Wildman–Crippen LogP) is 16.0. The molecule has 0 spiro atoms. The summed E-state index contributed by atoms with van der Waals surface area (Å²) < 4.78 is 5.30. The van der Waals surface area contributed by atoms with Crippen LogP contribution >= 0.6 is 22.7 Å². The molecule has 0 N–H and O–H groups in total. The summed E-state index contributed by atoms with van der Waals surface area (Å²) in [5, 5.41) is 7.84. The molecule has 0 saturated carbocycles. The topological polar surface area (TPSA) is 3.24 Å². The van der Waals surface area contributed by atoms with Gasteiger partial charge in [0.15, 0.2) is 0 Å². The van der Waals surface area contributed by atoms with Gasteiger partial charge >= 0.3 is 0 Å². The lowest BCUT2D eigenvalue weighted by atomic mass is 9.95. The fourth-order valence-electron chi connectivity index (χ4n) is 8.17. The average Bonchev–Trinajstić information content (AvgIpc) is 3.81. The van der Waals surface area contributed by atoms with Crippen molar-refractivity contribution in [1.82, 2.24) is 0 Å². The summed E-state index contributed by atoms with van der Waals surface area (Å²) in [5.41, 5.74) is 10.6. The number of fused-ring (bicyclic) bond motifs is 7. The van der Waals surface area contributed by atoms with E-state index in [4.69, 9.17) is 0 Å². The molecule has 0 aliphatic rings. The third-order valence-electron chi connectivity index (χ3n) is 10.8. The molecule has 0 fully saturated rings. The van der Waals surface area contributed by atoms with E-state index in [0.29, 0.717) is 0 Å². The smallest absolute Gasteiger partial charge is 0.0540 e. The minimum atomic E-state index is 1.11. The second-order valence-corrected chi connectivity index (χ2v) is 16.2. The van der Waals surface area contributed by atoms with Gasteiger partial charge in [-0.25, -0.2) is 0 Å². The largest absolute Gasteiger partial charge is 0.310 e. The number of nitrogens with zero attached hydrogens (tertiary/aromatic N) is 1. The standard InChI is InChI=1S/C52H33NS2/c1-3-12-34(13-4-1)45-30-38(39-25-29-50-46(32-39)47-31-36-14-7-8-15-37(36)33-51(47)54-50)24-28-48(45)53(40-16-5-2-6-17-40)41-26-22-35(23-27-41)42-19-11-20-44-43-18-9-10-21-49(43)55-52(42)44/h1-33H. The molecule has 0 bridgehead atoms. The SMILES string of the molecule is c1ccc(-c2cc(-c3ccc4sc5cc6ccccc6cc5c4c3)ccc2N(c2ccccc2)c2ccc(-c3cccc4c3sc3ccccc34)cc2)cc1. The number of thiophene rings is 2. The Kier molecular flexibility index (Phi) is 7.61. The Morgan fingerprint density at radius 1 is 0.309 bits per heavy atom. The van der Waals surface area contributed by atoms with E-state index in [1.54, 1.807) is 0 Å². The second kappa shape index (κ2) is 13.1. The van der Waals surface area contributed by atoms with Crippen LogP contribution in [0.25, 0.3) is 84.5 Å². The van der Waals surface area contributed by atoms with E-state index in [-0.39, 0.29) is 0 Å². The van der Waals surface area contributed by atoms with Crippen molar-refractivity contribution in [2.75, 3.05) is 4.90 Å². The molecular formula is C52H33NS2. The van der Waals surface area contributed by atoms with Crippen LogP contribution in [-0.2, 0) is 0 Å². The molecule has 0 amide bonds. The number of benzene rings is 9. The van der Waals surface area contributed by atoms with Crippen LogP contribution in [0.4, 0.5) is 17.1 Å². The third-order valence-corrected chi connectivity index (χ3v) is 13.2. The van der Waals surface area contributed by atoms with Crippen LogP contribution in [0.1, 0.15) is 0 Å². The first-order chi connectivity index (χ1) is 27.2. The molecule has 11 aromatic rings. The average molecular weight is 736 g/mol. The minimum absolute atomic E-state index is 1.11. The number of rotatable bonds is 6. The van der Waals surface area contributed by atoms with Crippen molar-refractivity contribution in [3.05, 3.63) is 200 Å². The molecule has 2 heterocycles. The molecule has 9 aromatic carbocycles. The Hall–Kier alpha value is -6.52. The zero-order chi connectivity index (χ0) is 36.3. The van der Waals surface area contributed by atoms with E-state index in [9.17, 15) is 0 Å². The fourth-order valence-corrected chi connectivity index (χ4v) is 10.5. The van der Waals surface area contributed by atoms with Crippen LogP contribution in [0.2, 0.25) is 0 Å². The highest BCUT2D eigenvalue weighted by Gasteiger charge is 2.19. The summed E-state index contributed by atoms with van der Waals surface area (Å²) >= 11 is 3.75. The van der Waals surface area contributed by atoms with Gasteiger partial charge in [0.1, 0.15) is 0 Å². The predicted molar refractivity (Wildman–Crippen MR) is 241 cm³/mol. The van der Waals surface area contributed by atoms with Crippen LogP contribution in [0.15, 0.2) is 200 Å². The highest BCUT2D eigenvalue weighted by Crippen LogP contribution is 2.45. The van der Waals surface area contributed by atoms with Crippen LogP contribution in [0, 0.1) is 0 Å². The molecule has 0 radical (unpaired) electrons. The Bertz CT molecular complexity index is 3190. The van der Waals surface area contributed by atoms with Crippen molar-refractivity contribution in [3.8, 4) is 33.4 Å². The molecule has 0 saturated heterocycles. The zero-order valence-electron chi connectivity index (χ0n) is 29.8. The van der Waals surface area contributed by atoms with Gasteiger partial charge in [-0.1, -0.05) is 133 Å². The van der Waals surface area contributed by atoms with Gasteiger partial charge in [-0.15, -0.1) is 22.7 Å². The molecule has 0 aliphatic heterocycles. The molecule has 3 heteroatoms. The second-order valence-electron chi connectivity index (χ2n) is 14.1. The van der Waals surface area contributed by atoms with E-state index >= 15 is 0 Å². The lowest BCUT2D eigenvalue weighted by Gasteiger charge is -2.28. The van der Waals surface area contributed by atoms with Gasteiger partial charge in [0.2, 0.25) is 0 Å². The summed E-state index contributed by atoms with van der Waals surface area (Å²) in [7, 11) is 0. The van der Waals surface area contributed by atoms with E-state index in [2.05, 4.69) is 205 Å². The van der Waals surface area contributed by atoms with Gasteiger partial charge in [0, 0.05) is 57.3 Å². The first-order valence-electron chi connectivity index (χ1n) is 18.7. The maximum Gasteiger partial charge on any atom is 0.0540 e. The number of anilines is 3. The number of hydrogen-bond acceptors (Lipinski definition) is 3. The number of para-hydroxylation sites is 1. The molecule has 2 aromatic heterocycles. The van der Waals surface area contributed by atoms with Crippen molar-refractivity contribution >= 4 is 90.9 Å². The summed E-state index contributed by atoms with van der Waals surface area (Å²) in [6.07, 6.45) is 0. The van der Waals surface area contributed by atoms with Gasteiger partial charge in [0.25, 0.3) is 0 Å². The summed E-state index contributed by atoms with van der Waals surface area (Å²) in [6, 6.07) is 73.4. The van der Waals surface area contributed by atoms with Gasteiger partial charge in [-0.05, 0) is 105 Å². The van der Waals surface area contributed by atoms with Gasteiger partial charge in [-0.2, -0.15) is 0 Å². The van der Waals surface area contributed by atoms with E-state index in [1.165, 1.54) is 84.5 Å². The Labute approximate surface area is 327 Å². The highest BCUT2D eigenvalue weighted by molar-refractivity contribution is 7.26. The summed E-state index contributed by atoms with van der Waals surface area (Å²) in [5.74, 6) is 0. The zero-order valence-corrected chi connectivity index (χ0v) is 31.4. The van der Waals surface area contributed by atoms with E-state index in [0.717, 1.165) is 17.1 Å². The normalized spacial score (nSPS) is 11.6. The van der Waals surface area contributed by atoms with Crippen LogP contribution in [-0.4, -0.2) is 0 Å². The maximum absolute atomic E-state index is 2.40. The van der Waals surface area contributed by atoms with Crippen molar-refractivity contribution in [1.29, 1.82) is 0 Å². The van der Waals surface area contributed by atoms with Gasteiger partial charge < -0.3 is 4.90 Å². The van der Waals surface area contributed by atoms with Crippen molar-refractivity contribution in [2.45, 2.75) is 0 Å². The fraction of sp³-hybridized carbons (Fsp3) is 0. The third kappa shape index (κ3) is 5.51. The molecule has 0 unspecified atom stereocenters. The van der Waals surface area contributed by atoms with Crippen LogP contribution in [0.3, 0.4) is 0 Å². The summed E-state index contributed by atoms with van der Waals surface area (Å²) in [6.45, 7) is 0. The van der Waals surface area contributed by atoms with E-state index in [1.807, 2.05) is 22.7 Å². The maximum atomic E-state index is 2.40. The first-order valence-corrected chi connectivity index (χ1v) is 20.3. The Morgan fingerprint density at radius 3 is 1.75 bits per heavy atom. The summed E-state index contributed by atoms with van der Waals surface area (Å²) in [4.78, 5) is 2.40. The van der Waals surface area contributed by atoms with Crippen LogP contribution < -0.4 is 4.90 Å². The van der Waals surface area contributed by atoms with Gasteiger partial charge in [0.05, 0.1) is 5.69 Å². The van der Waals surface area contributed by atoms with Crippen molar-refractivity contribution < 1.29 is 0 Å². The number of hydrogen-bond donors (Lipinski definition) is 0. The van der Waals surface area contributed by atoms with Gasteiger partial charge in [-0.3, -0.25) is 0 Å². The lowest BCUT2D eigenvalue weighted by molar-refractivity contribution is 1.28. The van der Waals surface area contributed by atoms with Crippen LogP contribution in [0.5, 0.6) is 0 Å². The molecule has 0 aliphatic carbocycles. The molecular weight excluding hydrogens is 703 g/mol. The Morgan fingerprint density at radius 2 is 0.909 bits per heavy atom. The quantitative estimate of drug-likeness (QED) is 0.164. The monoisotopic (exact) mass is 735 g/mol. The van der Waals surface area contributed by atoms with Crippen molar-refractivity contribution in [3.63, 3.8) is 0 Å². The Balaban J connectivity index is 1.05. The molecule has 55 heavy (non-hydrogen) atoms. The molecule has 1 nitrogen and oxygen atoms in total. The lowest BCUT2D eigenvalue weighted by Crippen LogP contribution is -2.11. The van der Waals surface area contributed by atoms with E-state index < -0.39 is 0 Å². The van der Waals surface area contributed by atoms with Crippen molar-refractivity contribution in [2.24, 2.45) is 0 Å². The highest BCUT2D eigenvalue weighted by atomic mass is 32.1. The molecule has 258 valence electrons.